The molecule has 0 spiro atoms. The van der Waals surface area contributed by atoms with Crippen LogP contribution in [0.4, 0.5) is 18.3 Å². The first kappa shape index (κ1) is 18.0. The highest BCUT2D eigenvalue weighted by molar-refractivity contribution is 7.15. The summed E-state index contributed by atoms with van der Waals surface area (Å²) in [5.41, 5.74) is 1.20. The van der Waals surface area contributed by atoms with Gasteiger partial charge in [-0.2, -0.15) is 13.2 Å². The Labute approximate surface area is 148 Å². The smallest absolute Gasteiger partial charge is 0.427 e. The van der Waals surface area contributed by atoms with Gasteiger partial charge < -0.3 is 9.64 Å². The van der Waals surface area contributed by atoms with Crippen LogP contribution in [0.5, 0.6) is 5.75 Å². The van der Waals surface area contributed by atoms with Gasteiger partial charge in [-0.1, -0.05) is 23.5 Å². The van der Waals surface area contributed by atoms with Crippen molar-refractivity contribution in [2.45, 2.75) is 19.1 Å². The Morgan fingerprint density at radius 2 is 1.88 bits per heavy atom. The van der Waals surface area contributed by atoms with E-state index in [0.29, 0.717) is 11.7 Å². The molecule has 0 unspecified atom stereocenters. The summed E-state index contributed by atoms with van der Waals surface area (Å²) in [4.78, 5) is 7.60. The summed E-state index contributed by atoms with van der Waals surface area (Å²) in [6.07, 6.45) is -2.49. The van der Waals surface area contributed by atoms with E-state index in [4.69, 9.17) is 4.74 Å². The third-order valence-electron chi connectivity index (χ3n) is 4.20. The van der Waals surface area contributed by atoms with Crippen molar-refractivity contribution in [2.75, 3.05) is 38.2 Å². The largest absolute Gasteiger partial charge is 0.497 e. The predicted molar refractivity (Wildman–Crippen MR) is 92.2 cm³/mol. The van der Waals surface area contributed by atoms with Crippen LogP contribution in [0.15, 0.2) is 30.5 Å². The lowest BCUT2D eigenvalue weighted by atomic mass is 10.2. The topological polar surface area (TPSA) is 28.6 Å². The first-order valence-corrected chi connectivity index (χ1v) is 8.90. The molecule has 1 aromatic heterocycles. The van der Waals surface area contributed by atoms with E-state index in [9.17, 15) is 13.2 Å². The minimum atomic E-state index is -4.32. The highest BCUT2D eigenvalue weighted by Crippen LogP contribution is 2.36. The number of benzene rings is 1. The number of aromatic nitrogens is 1. The van der Waals surface area contributed by atoms with Gasteiger partial charge in [0.05, 0.1) is 13.3 Å². The van der Waals surface area contributed by atoms with E-state index in [0.717, 1.165) is 55.9 Å². The molecule has 4 nitrogen and oxygen atoms in total. The van der Waals surface area contributed by atoms with Gasteiger partial charge in [-0.3, -0.25) is 4.90 Å². The van der Waals surface area contributed by atoms with Crippen molar-refractivity contribution in [2.24, 2.45) is 0 Å². The third-order valence-corrected chi connectivity index (χ3v) is 5.30. The molecular weight excluding hydrogens is 351 g/mol. The molecule has 1 saturated heterocycles. The fourth-order valence-corrected chi connectivity index (χ4v) is 3.69. The molecular formula is C17H20F3N3OS. The summed E-state index contributed by atoms with van der Waals surface area (Å²) in [6.45, 7) is 3.95. The first-order chi connectivity index (χ1) is 12.0. The zero-order chi connectivity index (χ0) is 17.9. The molecule has 0 bridgehead atoms. The van der Waals surface area contributed by atoms with Crippen LogP contribution in [-0.2, 0) is 12.7 Å². The van der Waals surface area contributed by atoms with Crippen LogP contribution in [-0.4, -0.2) is 43.2 Å². The van der Waals surface area contributed by atoms with Crippen molar-refractivity contribution in [3.63, 3.8) is 0 Å². The molecule has 0 N–H and O–H groups in total. The van der Waals surface area contributed by atoms with Gasteiger partial charge in [0.2, 0.25) is 0 Å². The van der Waals surface area contributed by atoms with E-state index >= 15 is 0 Å². The highest BCUT2D eigenvalue weighted by atomic mass is 32.1. The molecule has 25 heavy (non-hydrogen) atoms. The Hall–Kier alpha value is -1.80. The molecule has 0 saturated carbocycles. The average Bonchev–Trinajstić information content (AvgIpc) is 2.98. The van der Waals surface area contributed by atoms with Gasteiger partial charge in [0, 0.05) is 32.7 Å². The summed E-state index contributed by atoms with van der Waals surface area (Å²) in [7, 11) is 1.64. The fourth-order valence-electron chi connectivity index (χ4n) is 2.85. The summed E-state index contributed by atoms with van der Waals surface area (Å²) in [5, 5.41) is 0.457. The summed E-state index contributed by atoms with van der Waals surface area (Å²) in [5.74, 6) is 0.829. The monoisotopic (exact) mass is 371 g/mol. The lowest BCUT2D eigenvalue weighted by molar-refractivity contribution is -0.134. The SMILES string of the molecule is COc1ccc(CN2CCCN(c3ncc(C(F)(F)F)s3)CC2)cc1. The van der Waals surface area contributed by atoms with Crippen LogP contribution in [0.25, 0.3) is 0 Å². The molecule has 2 aromatic rings. The van der Waals surface area contributed by atoms with Crippen LogP contribution >= 0.6 is 11.3 Å². The Morgan fingerprint density at radius 3 is 2.52 bits per heavy atom. The molecule has 1 aliphatic heterocycles. The van der Waals surface area contributed by atoms with E-state index in [1.54, 1.807) is 7.11 Å². The summed E-state index contributed by atoms with van der Waals surface area (Å²) >= 11 is 0.722. The summed E-state index contributed by atoms with van der Waals surface area (Å²) in [6, 6.07) is 7.96. The molecule has 3 rings (SSSR count). The van der Waals surface area contributed by atoms with E-state index < -0.39 is 11.1 Å². The lowest BCUT2D eigenvalue weighted by Crippen LogP contribution is -2.30. The maximum Gasteiger partial charge on any atom is 0.427 e. The molecule has 136 valence electrons. The second kappa shape index (κ2) is 7.61. The molecule has 2 heterocycles. The minimum Gasteiger partial charge on any atom is -0.497 e. The molecule has 1 aromatic carbocycles. The standard InChI is InChI=1S/C17H20F3N3OS/c1-24-14-5-3-13(4-6-14)12-22-7-2-8-23(10-9-22)16-21-11-15(25-16)17(18,19)20/h3-6,11H,2,7-10,12H2,1H3. The van der Waals surface area contributed by atoms with Gasteiger partial charge >= 0.3 is 6.18 Å². The molecule has 0 radical (unpaired) electrons. The molecule has 0 amide bonds. The van der Waals surface area contributed by atoms with E-state index in [-0.39, 0.29) is 0 Å². The minimum absolute atomic E-state index is 0.457. The Bertz CT molecular complexity index is 687. The second-order valence-electron chi connectivity index (χ2n) is 5.97. The van der Waals surface area contributed by atoms with Gasteiger partial charge in [0.15, 0.2) is 5.13 Å². The van der Waals surface area contributed by atoms with Crippen LogP contribution in [0.2, 0.25) is 0 Å². The van der Waals surface area contributed by atoms with Gasteiger partial charge in [-0.05, 0) is 24.1 Å². The van der Waals surface area contributed by atoms with E-state index in [1.165, 1.54) is 5.56 Å². The Balaban J connectivity index is 1.59. The zero-order valence-electron chi connectivity index (χ0n) is 13.9. The lowest BCUT2D eigenvalue weighted by Gasteiger charge is -2.21. The van der Waals surface area contributed by atoms with Crippen molar-refractivity contribution in [3.05, 3.63) is 40.9 Å². The third kappa shape index (κ3) is 4.64. The number of thiazole rings is 1. The maximum absolute atomic E-state index is 12.7. The van der Waals surface area contributed by atoms with Crippen LogP contribution in [0, 0.1) is 0 Å². The molecule has 0 atom stereocenters. The normalized spacial score (nSPS) is 16.7. The van der Waals surface area contributed by atoms with E-state index in [2.05, 4.69) is 9.88 Å². The number of rotatable bonds is 4. The van der Waals surface area contributed by atoms with Gasteiger partial charge in [0.1, 0.15) is 10.6 Å². The molecule has 1 fully saturated rings. The Kier molecular flexibility index (Phi) is 5.48. The fraction of sp³-hybridized carbons (Fsp3) is 0.471. The molecule has 8 heteroatoms. The van der Waals surface area contributed by atoms with Crippen LogP contribution in [0.3, 0.4) is 0 Å². The van der Waals surface area contributed by atoms with Crippen molar-refractivity contribution >= 4 is 16.5 Å². The number of alkyl halides is 3. The highest BCUT2D eigenvalue weighted by Gasteiger charge is 2.34. The van der Waals surface area contributed by atoms with Gasteiger partial charge in [-0.15, -0.1) is 0 Å². The van der Waals surface area contributed by atoms with Crippen molar-refractivity contribution in [1.82, 2.24) is 9.88 Å². The number of ether oxygens (including phenoxy) is 1. The summed E-state index contributed by atoms with van der Waals surface area (Å²) < 4.78 is 43.4. The van der Waals surface area contributed by atoms with Crippen molar-refractivity contribution in [1.29, 1.82) is 0 Å². The average molecular weight is 371 g/mol. The Morgan fingerprint density at radius 1 is 1.12 bits per heavy atom. The van der Waals surface area contributed by atoms with Crippen molar-refractivity contribution < 1.29 is 17.9 Å². The first-order valence-electron chi connectivity index (χ1n) is 8.09. The number of hydrogen-bond acceptors (Lipinski definition) is 5. The van der Waals surface area contributed by atoms with E-state index in [1.807, 2.05) is 29.2 Å². The quantitative estimate of drug-likeness (QED) is 0.816. The predicted octanol–water partition coefficient (Wildman–Crippen LogP) is 3.88. The van der Waals surface area contributed by atoms with Gasteiger partial charge in [-0.25, -0.2) is 4.98 Å². The number of halogens is 3. The van der Waals surface area contributed by atoms with Crippen LogP contribution < -0.4 is 9.64 Å². The second-order valence-corrected chi connectivity index (χ2v) is 6.98. The number of nitrogens with zero attached hydrogens (tertiary/aromatic N) is 3. The maximum atomic E-state index is 12.7. The van der Waals surface area contributed by atoms with Crippen molar-refractivity contribution in [3.8, 4) is 5.75 Å². The zero-order valence-corrected chi connectivity index (χ0v) is 14.7. The molecule has 1 aliphatic rings. The number of methoxy groups -OCH3 is 1. The van der Waals surface area contributed by atoms with Gasteiger partial charge in [0.25, 0.3) is 0 Å². The van der Waals surface area contributed by atoms with Crippen LogP contribution in [0.1, 0.15) is 16.9 Å². The molecule has 0 aliphatic carbocycles. The number of hydrogen-bond donors (Lipinski definition) is 0. The number of anilines is 1.